The maximum Gasteiger partial charge on any atom is 0.187 e. The third-order valence-corrected chi connectivity index (χ3v) is 4.70. The fourth-order valence-electron chi connectivity index (χ4n) is 2.14. The lowest BCUT2D eigenvalue weighted by atomic mass is 10.1. The number of benzene rings is 1. The van der Waals surface area contributed by atoms with Gasteiger partial charge in [-0.2, -0.15) is 0 Å². The molecule has 0 bridgehead atoms. The van der Waals surface area contributed by atoms with Crippen LogP contribution < -0.4 is 9.47 Å². The maximum absolute atomic E-state index is 14.3. The zero-order valence-electron chi connectivity index (χ0n) is 15.9. The molecular weight excluding hydrogens is 540 g/mol. The van der Waals surface area contributed by atoms with E-state index in [0.717, 1.165) is 37.8 Å². The summed E-state index contributed by atoms with van der Waals surface area (Å²) in [4.78, 5) is 5.14. The Balaban J connectivity index is 2.35. The normalized spacial score (nSPS) is 10.4. The van der Waals surface area contributed by atoms with E-state index in [9.17, 15) is 4.39 Å². The summed E-state index contributed by atoms with van der Waals surface area (Å²) in [5, 5.41) is 3.93. The second-order valence-electron chi connectivity index (χ2n) is 6.11. The number of halogens is 5. The highest BCUT2D eigenvalue weighted by Gasteiger charge is 2.18. The summed E-state index contributed by atoms with van der Waals surface area (Å²) in [7, 11) is 0. The molecule has 0 aromatic heterocycles. The van der Waals surface area contributed by atoms with Gasteiger partial charge in [-0.25, -0.2) is 4.39 Å². The predicted octanol–water partition coefficient (Wildman–Crippen LogP) is 7.88. The van der Waals surface area contributed by atoms with Crippen molar-refractivity contribution in [2.75, 3.05) is 19.8 Å². The van der Waals surface area contributed by atoms with Crippen LogP contribution in [0.5, 0.6) is 11.5 Å². The minimum atomic E-state index is -0.690. The zero-order valence-corrected chi connectivity index (χ0v) is 20.6. The first kappa shape index (κ1) is 25.5. The summed E-state index contributed by atoms with van der Waals surface area (Å²) >= 11 is 18.6. The van der Waals surface area contributed by atoms with Crippen LogP contribution in [0.25, 0.3) is 0 Å². The van der Waals surface area contributed by atoms with Crippen LogP contribution in [0.4, 0.5) is 4.39 Å². The Hall–Kier alpha value is -0.500. The van der Waals surface area contributed by atoms with Gasteiger partial charge in [0.25, 0.3) is 0 Å². The average Bonchev–Trinajstić information content (AvgIpc) is 2.62. The molecule has 0 saturated heterocycles. The fourth-order valence-corrected chi connectivity index (χ4v) is 2.95. The summed E-state index contributed by atoms with van der Waals surface area (Å²) in [6.07, 6.45) is 6.56. The first-order chi connectivity index (χ1) is 13.3. The summed E-state index contributed by atoms with van der Waals surface area (Å²) in [5.41, 5.74) is 0.911. The van der Waals surface area contributed by atoms with E-state index in [1.54, 1.807) is 6.08 Å². The highest BCUT2D eigenvalue weighted by Crippen LogP contribution is 2.40. The Morgan fingerprint density at radius 2 is 1.71 bits per heavy atom. The lowest BCUT2D eigenvalue weighted by Gasteiger charge is -2.13. The van der Waals surface area contributed by atoms with E-state index < -0.39 is 5.82 Å². The van der Waals surface area contributed by atoms with Crippen LogP contribution in [0.15, 0.2) is 20.7 Å². The lowest BCUT2D eigenvalue weighted by molar-refractivity contribution is 0.139. The Morgan fingerprint density at radius 3 is 2.36 bits per heavy atom. The summed E-state index contributed by atoms with van der Waals surface area (Å²) in [5.74, 6) is -0.568. The van der Waals surface area contributed by atoms with E-state index in [2.05, 4.69) is 37.0 Å². The zero-order chi connectivity index (χ0) is 20.9. The molecule has 1 rings (SSSR count). The third-order valence-electron chi connectivity index (χ3n) is 3.43. The van der Waals surface area contributed by atoms with Crippen molar-refractivity contribution in [2.45, 2.75) is 46.0 Å². The van der Waals surface area contributed by atoms with Crippen LogP contribution in [0.3, 0.4) is 0 Å². The molecule has 0 N–H and O–H groups in total. The van der Waals surface area contributed by atoms with Crippen LogP contribution in [-0.2, 0) is 4.84 Å². The van der Waals surface area contributed by atoms with Crippen LogP contribution in [0.1, 0.15) is 46.0 Å². The van der Waals surface area contributed by atoms with Gasteiger partial charge in [-0.3, -0.25) is 0 Å². The van der Waals surface area contributed by atoms with Crippen LogP contribution in [0, 0.1) is 5.82 Å². The smallest absolute Gasteiger partial charge is 0.187 e. The minimum Gasteiger partial charge on any atom is -0.490 e. The van der Waals surface area contributed by atoms with Gasteiger partial charge in [0.15, 0.2) is 17.3 Å². The van der Waals surface area contributed by atoms with Crippen molar-refractivity contribution in [3.8, 4) is 11.5 Å². The predicted molar refractivity (Wildman–Crippen MR) is 121 cm³/mol. The van der Waals surface area contributed by atoms with Crippen molar-refractivity contribution in [3.05, 3.63) is 31.4 Å². The number of unbranched alkanes of at least 4 members (excludes halogenated alkanes) is 4. The van der Waals surface area contributed by atoms with Crippen LogP contribution in [-0.4, -0.2) is 25.5 Å². The number of hydrogen-bond donors (Lipinski definition) is 0. The average molecular weight is 564 g/mol. The number of nitrogens with zero attached hydrogens (tertiary/aromatic N) is 1. The Bertz CT molecular complexity index is 680. The molecule has 0 aliphatic carbocycles. The van der Waals surface area contributed by atoms with Crippen molar-refractivity contribution < 1.29 is 18.7 Å². The van der Waals surface area contributed by atoms with E-state index >= 15 is 0 Å². The molecule has 0 atom stereocenters. The van der Waals surface area contributed by atoms with Crippen molar-refractivity contribution in [1.82, 2.24) is 0 Å². The fraction of sp³-hybridized carbons (Fsp3) is 0.526. The summed E-state index contributed by atoms with van der Waals surface area (Å²) < 4.78 is 25.9. The van der Waals surface area contributed by atoms with Gasteiger partial charge in [0.2, 0.25) is 0 Å². The number of hydrogen-bond acceptors (Lipinski definition) is 4. The molecule has 0 unspecified atom stereocenters. The van der Waals surface area contributed by atoms with Gasteiger partial charge in [0.1, 0.15) is 18.2 Å². The lowest BCUT2D eigenvalue weighted by Crippen LogP contribution is -2.02. The van der Waals surface area contributed by atoms with Gasteiger partial charge >= 0.3 is 0 Å². The van der Waals surface area contributed by atoms with E-state index in [-0.39, 0.29) is 28.2 Å². The highest BCUT2D eigenvalue weighted by atomic mass is 79.9. The molecule has 0 aliphatic heterocycles. The summed E-state index contributed by atoms with van der Waals surface area (Å²) in [6.45, 7) is 4.99. The largest absolute Gasteiger partial charge is 0.490 e. The van der Waals surface area contributed by atoms with Crippen molar-refractivity contribution in [1.29, 1.82) is 0 Å². The molecule has 158 valence electrons. The van der Waals surface area contributed by atoms with Crippen molar-refractivity contribution in [3.63, 3.8) is 0 Å². The molecular formula is C19H24Br2Cl2FNO3. The van der Waals surface area contributed by atoms with E-state index in [4.69, 9.17) is 37.5 Å². The van der Waals surface area contributed by atoms with Gasteiger partial charge in [-0.15, -0.1) is 0 Å². The first-order valence-electron chi connectivity index (χ1n) is 8.90. The molecule has 1 aromatic rings. The molecule has 0 fully saturated rings. The quantitative estimate of drug-likeness (QED) is 0.106. The molecule has 9 heteroatoms. The van der Waals surface area contributed by atoms with Gasteiger partial charge < -0.3 is 14.3 Å². The molecule has 28 heavy (non-hydrogen) atoms. The van der Waals surface area contributed by atoms with E-state index in [0.29, 0.717) is 16.6 Å². The van der Waals surface area contributed by atoms with Gasteiger partial charge in [0, 0.05) is 6.07 Å². The molecule has 0 spiro atoms. The molecule has 0 radical (unpaired) electrons. The second kappa shape index (κ2) is 14.5. The van der Waals surface area contributed by atoms with E-state index in [1.165, 1.54) is 6.07 Å². The molecule has 0 saturated carbocycles. The van der Waals surface area contributed by atoms with Gasteiger partial charge in [0.05, 0.1) is 20.7 Å². The Kier molecular flexibility index (Phi) is 13.2. The van der Waals surface area contributed by atoms with Gasteiger partial charge in [-0.1, -0.05) is 41.2 Å². The number of rotatable bonds is 13. The molecule has 4 nitrogen and oxygen atoms in total. The molecule has 0 aliphatic rings. The van der Waals surface area contributed by atoms with Crippen molar-refractivity contribution >= 4 is 60.8 Å². The Morgan fingerprint density at radius 1 is 1.07 bits per heavy atom. The topological polar surface area (TPSA) is 40.0 Å². The SMILES string of the molecule is CC(C)=NOCCCCCCCOc1c(Cl)cc(OCC=C(Br)Br)c(F)c1Cl. The number of oxime groups is 1. The van der Waals surface area contributed by atoms with Gasteiger partial charge in [-0.05, 0) is 71.0 Å². The minimum absolute atomic E-state index is 0.0235. The standard InChI is InChI=1S/C19H24Br2Cl2FNO3/c1-13(2)25-28-10-7-5-3-4-6-9-27-19-14(22)12-15(18(24)17(19)23)26-11-8-16(20)21/h8,12H,3-7,9-11H2,1-2H3. The first-order valence-corrected chi connectivity index (χ1v) is 11.2. The molecule has 0 heterocycles. The number of ether oxygens (including phenoxy) is 2. The monoisotopic (exact) mass is 561 g/mol. The Labute approximate surface area is 192 Å². The molecule has 1 aromatic carbocycles. The maximum atomic E-state index is 14.3. The summed E-state index contributed by atoms with van der Waals surface area (Å²) in [6, 6.07) is 1.37. The molecule has 0 amide bonds. The van der Waals surface area contributed by atoms with Crippen LogP contribution in [0.2, 0.25) is 10.0 Å². The van der Waals surface area contributed by atoms with E-state index in [1.807, 2.05) is 13.8 Å². The van der Waals surface area contributed by atoms with Crippen LogP contribution >= 0.6 is 55.1 Å². The van der Waals surface area contributed by atoms with Crippen molar-refractivity contribution in [2.24, 2.45) is 5.16 Å². The third kappa shape index (κ3) is 10.3. The highest BCUT2D eigenvalue weighted by molar-refractivity contribution is 9.28. The second-order valence-corrected chi connectivity index (χ2v) is 9.66.